The minimum atomic E-state index is -0.966. The Morgan fingerprint density at radius 1 is 1.18 bits per heavy atom. The van der Waals surface area contributed by atoms with Crippen molar-refractivity contribution < 1.29 is 10.2 Å². The molecule has 1 aliphatic carbocycles. The van der Waals surface area contributed by atoms with Crippen molar-refractivity contribution in [1.82, 2.24) is 4.98 Å². The maximum Gasteiger partial charge on any atom is 0.109 e. The van der Waals surface area contributed by atoms with E-state index in [4.69, 9.17) is 0 Å². The maximum absolute atomic E-state index is 10.6. The Bertz CT molecular complexity index is 370. The van der Waals surface area contributed by atoms with Gasteiger partial charge >= 0.3 is 0 Å². The number of hydrogen-bond donors (Lipinski definition) is 2. The van der Waals surface area contributed by atoms with E-state index >= 15 is 0 Å². The molecule has 3 heteroatoms. The Balaban J connectivity index is 2.19. The lowest BCUT2D eigenvalue weighted by Gasteiger charge is -2.32. The fourth-order valence-corrected chi connectivity index (χ4v) is 2.65. The fraction of sp³-hybridized carbons (Fsp3) is 0.643. The smallest absolute Gasteiger partial charge is 0.109 e. The van der Waals surface area contributed by atoms with Crippen LogP contribution in [-0.4, -0.2) is 20.8 Å². The van der Waals surface area contributed by atoms with Gasteiger partial charge in [0.15, 0.2) is 0 Å². The number of aliphatic hydroxyl groups is 2. The van der Waals surface area contributed by atoms with Crippen LogP contribution in [0.1, 0.15) is 55.8 Å². The highest BCUT2D eigenvalue weighted by molar-refractivity contribution is 5.21. The molecule has 1 aromatic rings. The first-order chi connectivity index (χ1) is 8.12. The van der Waals surface area contributed by atoms with E-state index in [0.29, 0.717) is 12.8 Å². The fourth-order valence-electron chi connectivity index (χ4n) is 2.65. The first kappa shape index (κ1) is 12.5. The molecule has 1 aromatic heterocycles. The molecule has 1 fully saturated rings. The van der Waals surface area contributed by atoms with Crippen molar-refractivity contribution in [2.75, 3.05) is 0 Å². The third-order valence-electron chi connectivity index (χ3n) is 3.69. The number of aryl methyl sites for hydroxylation is 1. The molecule has 3 nitrogen and oxygen atoms in total. The van der Waals surface area contributed by atoms with Crippen molar-refractivity contribution in [3.05, 3.63) is 29.6 Å². The van der Waals surface area contributed by atoms with Crippen LogP contribution < -0.4 is 0 Å². The Kier molecular flexibility index (Phi) is 3.79. The van der Waals surface area contributed by atoms with Crippen LogP contribution in [0.25, 0.3) is 0 Å². The van der Waals surface area contributed by atoms with Gasteiger partial charge in [0, 0.05) is 18.0 Å². The highest BCUT2D eigenvalue weighted by atomic mass is 16.3. The summed E-state index contributed by atoms with van der Waals surface area (Å²) in [6.45, 7) is 1.94. The number of nitrogens with zero attached hydrogens (tertiary/aromatic N) is 1. The summed E-state index contributed by atoms with van der Waals surface area (Å²) in [5.74, 6) is 0. The monoisotopic (exact) mass is 235 g/mol. The molecule has 0 aliphatic heterocycles. The van der Waals surface area contributed by atoms with E-state index in [9.17, 15) is 10.2 Å². The molecule has 1 aliphatic rings. The lowest BCUT2D eigenvalue weighted by Crippen LogP contribution is -2.35. The molecule has 0 amide bonds. The summed E-state index contributed by atoms with van der Waals surface area (Å²) in [5, 5.41) is 21.0. The molecule has 0 radical (unpaired) electrons. The number of pyridine rings is 1. The Labute approximate surface area is 103 Å². The zero-order valence-corrected chi connectivity index (χ0v) is 10.4. The summed E-state index contributed by atoms with van der Waals surface area (Å²) in [5.41, 5.74) is 0.777. The van der Waals surface area contributed by atoms with Gasteiger partial charge in [0.05, 0.1) is 5.60 Å². The summed E-state index contributed by atoms with van der Waals surface area (Å²) in [6.07, 6.45) is 8.26. The molecule has 1 saturated carbocycles. The molecule has 2 rings (SSSR count). The predicted molar refractivity (Wildman–Crippen MR) is 66.6 cm³/mol. The summed E-state index contributed by atoms with van der Waals surface area (Å²) in [4.78, 5) is 4.08. The SMILES string of the molecule is Cc1cncc(C(O)C2(O)CCCCCC2)c1. The third-order valence-corrected chi connectivity index (χ3v) is 3.69. The first-order valence-corrected chi connectivity index (χ1v) is 6.44. The van der Waals surface area contributed by atoms with Crippen molar-refractivity contribution >= 4 is 0 Å². The van der Waals surface area contributed by atoms with Crippen LogP contribution >= 0.6 is 0 Å². The van der Waals surface area contributed by atoms with Crippen LogP contribution in [0, 0.1) is 6.92 Å². The zero-order valence-electron chi connectivity index (χ0n) is 10.4. The molecule has 0 bridgehead atoms. The minimum absolute atomic E-state index is 0.683. The zero-order chi connectivity index (χ0) is 12.3. The Morgan fingerprint density at radius 2 is 1.82 bits per heavy atom. The van der Waals surface area contributed by atoms with E-state index in [1.165, 1.54) is 0 Å². The number of aromatic nitrogens is 1. The summed E-state index contributed by atoms with van der Waals surface area (Å²) in [6, 6.07) is 1.90. The van der Waals surface area contributed by atoms with Crippen molar-refractivity contribution in [3.8, 4) is 0 Å². The van der Waals surface area contributed by atoms with Crippen LogP contribution in [0.3, 0.4) is 0 Å². The molecule has 0 spiro atoms. The van der Waals surface area contributed by atoms with Gasteiger partial charge in [-0.25, -0.2) is 0 Å². The van der Waals surface area contributed by atoms with E-state index in [2.05, 4.69) is 4.98 Å². The Morgan fingerprint density at radius 3 is 2.41 bits per heavy atom. The van der Waals surface area contributed by atoms with E-state index in [1.54, 1.807) is 12.4 Å². The molecule has 94 valence electrons. The van der Waals surface area contributed by atoms with Gasteiger partial charge in [-0.3, -0.25) is 4.98 Å². The largest absolute Gasteiger partial charge is 0.387 e. The van der Waals surface area contributed by atoms with Gasteiger partial charge in [0.25, 0.3) is 0 Å². The lowest BCUT2D eigenvalue weighted by molar-refractivity contribution is -0.0868. The van der Waals surface area contributed by atoms with Gasteiger partial charge in [-0.1, -0.05) is 31.7 Å². The van der Waals surface area contributed by atoms with Crippen molar-refractivity contribution in [2.45, 2.75) is 57.2 Å². The quantitative estimate of drug-likeness (QED) is 0.774. The highest BCUT2D eigenvalue weighted by Gasteiger charge is 2.36. The van der Waals surface area contributed by atoms with Gasteiger partial charge in [0.2, 0.25) is 0 Å². The first-order valence-electron chi connectivity index (χ1n) is 6.44. The van der Waals surface area contributed by atoms with Gasteiger partial charge < -0.3 is 10.2 Å². The van der Waals surface area contributed by atoms with Crippen molar-refractivity contribution in [3.63, 3.8) is 0 Å². The molecule has 1 atom stereocenters. The third kappa shape index (κ3) is 2.85. The van der Waals surface area contributed by atoms with Crippen LogP contribution in [0.15, 0.2) is 18.5 Å². The van der Waals surface area contributed by atoms with Crippen molar-refractivity contribution in [1.29, 1.82) is 0 Å². The molecule has 1 heterocycles. The minimum Gasteiger partial charge on any atom is -0.387 e. The van der Waals surface area contributed by atoms with E-state index in [1.807, 2.05) is 13.0 Å². The lowest BCUT2D eigenvalue weighted by atomic mass is 9.85. The molecule has 2 N–H and O–H groups in total. The molecular formula is C14H21NO2. The van der Waals surface area contributed by atoms with Gasteiger partial charge in [-0.15, -0.1) is 0 Å². The molecule has 17 heavy (non-hydrogen) atoms. The van der Waals surface area contributed by atoms with Crippen LogP contribution in [0.2, 0.25) is 0 Å². The second-order valence-corrected chi connectivity index (χ2v) is 5.22. The highest BCUT2D eigenvalue weighted by Crippen LogP contribution is 2.37. The number of hydrogen-bond acceptors (Lipinski definition) is 3. The summed E-state index contributed by atoms with van der Waals surface area (Å²) >= 11 is 0. The second kappa shape index (κ2) is 5.15. The van der Waals surface area contributed by atoms with Crippen LogP contribution in [0.5, 0.6) is 0 Å². The van der Waals surface area contributed by atoms with Gasteiger partial charge in [0.1, 0.15) is 6.10 Å². The molecule has 0 saturated heterocycles. The molecular weight excluding hydrogens is 214 g/mol. The van der Waals surface area contributed by atoms with Gasteiger partial charge in [-0.05, 0) is 25.3 Å². The normalized spacial score (nSPS) is 21.8. The second-order valence-electron chi connectivity index (χ2n) is 5.22. The summed E-state index contributed by atoms with van der Waals surface area (Å²) < 4.78 is 0. The topological polar surface area (TPSA) is 53.4 Å². The molecule has 1 unspecified atom stereocenters. The maximum atomic E-state index is 10.6. The van der Waals surface area contributed by atoms with E-state index in [-0.39, 0.29) is 0 Å². The van der Waals surface area contributed by atoms with E-state index < -0.39 is 11.7 Å². The van der Waals surface area contributed by atoms with Crippen LogP contribution in [-0.2, 0) is 0 Å². The summed E-state index contributed by atoms with van der Waals surface area (Å²) in [7, 11) is 0. The average Bonchev–Trinajstić information content (AvgIpc) is 2.54. The molecule has 0 aromatic carbocycles. The standard InChI is InChI=1S/C14H21NO2/c1-11-8-12(10-15-9-11)13(16)14(17)6-4-2-3-5-7-14/h8-10,13,16-17H,2-7H2,1H3. The number of rotatable bonds is 2. The van der Waals surface area contributed by atoms with E-state index in [0.717, 1.165) is 36.8 Å². The predicted octanol–water partition coefficient (Wildman–Crippen LogP) is 2.51. The Hall–Kier alpha value is -0.930. The van der Waals surface area contributed by atoms with Crippen LogP contribution in [0.4, 0.5) is 0 Å². The number of aliphatic hydroxyl groups excluding tert-OH is 1. The van der Waals surface area contributed by atoms with Gasteiger partial charge in [-0.2, -0.15) is 0 Å². The van der Waals surface area contributed by atoms with Crippen molar-refractivity contribution in [2.24, 2.45) is 0 Å². The average molecular weight is 235 g/mol.